The molecule has 0 aliphatic carbocycles. The number of halogens is 1. The molecule has 2 nitrogen and oxygen atoms in total. The molecular formula is C18H23BrN2. The lowest BCUT2D eigenvalue weighted by molar-refractivity contribution is 0.377. The smallest absolute Gasteiger partial charge is 0.133 e. The number of hydrogen-bond donors (Lipinski definition) is 0. The minimum absolute atomic E-state index is 0.870. The fraction of sp³-hybridized carbons (Fsp3) is 0.500. The summed E-state index contributed by atoms with van der Waals surface area (Å²) in [6.07, 6.45) is 5.31. The van der Waals surface area contributed by atoms with Crippen molar-refractivity contribution in [2.45, 2.75) is 37.9 Å². The fourth-order valence-corrected chi connectivity index (χ4v) is 3.78. The number of anilines is 1. The van der Waals surface area contributed by atoms with E-state index in [9.17, 15) is 0 Å². The molecule has 0 atom stereocenters. The molecule has 0 unspecified atom stereocenters. The van der Waals surface area contributed by atoms with E-state index in [4.69, 9.17) is 4.98 Å². The number of nitrogens with zero attached hydrogens (tertiary/aromatic N) is 2. The molecule has 21 heavy (non-hydrogen) atoms. The van der Waals surface area contributed by atoms with Gasteiger partial charge in [-0.3, -0.25) is 0 Å². The Morgan fingerprint density at radius 3 is 2.71 bits per heavy atom. The molecule has 3 heteroatoms. The number of alkyl halides is 1. The van der Waals surface area contributed by atoms with Gasteiger partial charge in [0.1, 0.15) is 5.82 Å². The number of piperidine rings is 1. The average Bonchev–Trinajstić information content (AvgIpc) is 2.54. The highest BCUT2D eigenvalue weighted by atomic mass is 79.9. The average molecular weight is 347 g/mol. The zero-order valence-electron chi connectivity index (χ0n) is 12.7. The summed E-state index contributed by atoms with van der Waals surface area (Å²) in [5.41, 5.74) is 2.41. The van der Waals surface area contributed by atoms with Gasteiger partial charge in [0.05, 0.1) is 5.52 Å². The fourth-order valence-electron chi connectivity index (χ4n) is 3.36. The highest BCUT2D eigenvalue weighted by Gasteiger charge is 2.21. The Balaban J connectivity index is 1.86. The monoisotopic (exact) mass is 346 g/mol. The largest absolute Gasteiger partial charge is 0.356 e. The highest BCUT2D eigenvalue weighted by Crippen LogP contribution is 2.30. The molecule has 0 spiro atoms. The number of benzene rings is 1. The molecule has 112 valence electrons. The van der Waals surface area contributed by atoms with Gasteiger partial charge < -0.3 is 4.90 Å². The molecule has 1 aromatic carbocycles. The summed E-state index contributed by atoms with van der Waals surface area (Å²) >= 11 is 3.63. The van der Waals surface area contributed by atoms with E-state index in [0.29, 0.717) is 0 Å². The van der Waals surface area contributed by atoms with Crippen molar-refractivity contribution in [3.8, 4) is 0 Å². The van der Waals surface area contributed by atoms with E-state index in [2.05, 4.69) is 58.1 Å². The third-order valence-electron chi connectivity index (χ3n) is 4.54. The Morgan fingerprint density at radius 1 is 1.24 bits per heavy atom. The Bertz CT molecular complexity index is 603. The molecule has 2 aromatic rings. The van der Waals surface area contributed by atoms with Gasteiger partial charge in [0.15, 0.2) is 0 Å². The van der Waals surface area contributed by atoms with Crippen molar-refractivity contribution >= 4 is 32.7 Å². The van der Waals surface area contributed by atoms with Crippen molar-refractivity contribution in [3.05, 3.63) is 35.9 Å². The first-order chi connectivity index (χ1) is 10.3. The second-order valence-electron chi connectivity index (χ2n) is 6.02. The molecule has 0 amide bonds. The second kappa shape index (κ2) is 6.78. The molecule has 2 heterocycles. The molecule has 3 rings (SSSR count). The predicted molar refractivity (Wildman–Crippen MR) is 94.2 cm³/mol. The van der Waals surface area contributed by atoms with Gasteiger partial charge in [0, 0.05) is 29.4 Å². The van der Waals surface area contributed by atoms with Gasteiger partial charge in [-0.15, -0.1) is 0 Å². The second-order valence-corrected chi connectivity index (χ2v) is 6.58. The van der Waals surface area contributed by atoms with Gasteiger partial charge >= 0.3 is 0 Å². The first-order valence-electron chi connectivity index (χ1n) is 8.01. The molecule has 0 bridgehead atoms. The molecule has 1 fully saturated rings. The maximum atomic E-state index is 4.94. The van der Waals surface area contributed by atoms with Crippen LogP contribution in [0.5, 0.6) is 0 Å². The van der Waals surface area contributed by atoms with E-state index in [1.54, 1.807) is 0 Å². The summed E-state index contributed by atoms with van der Waals surface area (Å²) in [5.74, 6) is 2.10. The molecule has 0 saturated carbocycles. The normalized spacial score (nSPS) is 16.6. The number of rotatable bonds is 4. The van der Waals surface area contributed by atoms with E-state index < -0.39 is 0 Å². The van der Waals surface area contributed by atoms with Gasteiger partial charge in [0.25, 0.3) is 0 Å². The zero-order valence-corrected chi connectivity index (χ0v) is 14.3. The summed E-state index contributed by atoms with van der Waals surface area (Å²) in [5, 5.41) is 2.10. The Hall–Kier alpha value is -1.09. The van der Waals surface area contributed by atoms with Crippen LogP contribution in [0.15, 0.2) is 30.3 Å². The van der Waals surface area contributed by atoms with Crippen LogP contribution >= 0.6 is 15.9 Å². The topological polar surface area (TPSA) is 16.1 Å². The number of hydrogen-bond acceptors (Lipinski definition) is 2. The number of pyridine rings is 1. The minimum atomic E-state index is 0.870. The maximum Gasteiger partial charge on any atom is 0.133 e. The van der Waals surface area contributed by atoms with E-state index in [0.717, 1.165) is 29.9 Å². The van der Waals surface area contributed by atoms with Crippen LogP contribution < -0.4 is 4.90 Å². The van der Waals surface area contributed by atoms with E-state index >= 15 is 0 Å². The van der Waals surface area contributed by atoms with Gasteiger partial charge in [-0.1, -0.05) is 53.9 Å². The van der Waals surface area contributed by atoms with Crippen molar-refractivity contribution in [1.29, 1.82) is 0 Å². The van der Waals surface area contributed by atoms with E-state index in [1.807, 2.05) is 0 Å². The third kappa shape index (κ3) is 3.23. The van der Waals surface area contributed by atoms with Crippen LogP contribution in [0.3, 0.4) is 0 Å². The molecule has 1 aliphatic heterocycles. The maximum absolute atomic E-state index is 4.94. The zero-order chi connectivity index (χ0) is 14.7. The van der Waals surface area contributed by atoms with Gasteiger partial charge in [-0.2, -0.15) is 0 Å². The van der Waals surface area contributed by atoms with Crippen LogP contribution in [0.4, 0.5) is 5.82 Å². The van der Waals surface area contributed by atoms with Crippen LogP contribution in [0.2, 0.25) is 0 Å². The van der Waals surface area contributed by atoms with E-state index in [1.165, 1.54) is 42.5 Å². The summed E-state index contributed by atoms with van der Waals surface area (Å²) < 4.78 is 0. The molecule has 1 aromatic heterocycles. The van der Waals surface area contributed by atoms with Crippen LogP contribution in [0, 0.1) is 5.92 Å². The van der Waals surface area contributed by atoms with Crippen molar-refractivity contribution in [3.63, 3.8) is 0 Å². The summed E-state index contributed by atoms with van der Waals surface area (Å²) in [6, 6.07) is 10.7. The lowest BCUT2D eigenvalue weighted by atomic mass is 9.92. The molecule has 0 radical (unpaired) electrons. The highest BCUT2D eigenvalue weighted by molar-refractivity contribution is 9.08. The van der Waals surface area contributed by atoms with Crippen LogP contribution in [-0.4, -0.2) is 18.1 Å². The molecule has 1 saturated heterocycles. The van der Waals surface area contributed by atoms with Crippen LogP contribution in [0.25, 0.3) is 10.9 Å². The SMILES string of the molecule is CCCC1CCN(c2nc3ccccc3cc2CBr)CC1. The number of para-hydroxylation sites is 1. The number of fused-ring (bicyclic) bond motifs is 1. The van der Waals surface area contributed by atoms with Crippen LogP contribution in [-0.2, 0) is 5.33 Å². The van der Waals surface area contributed by atoms with Gasteiger partial charge in [0.2, 0.25) is 0 Å². The summed E-state index contributed by atoms with van der Waals surface area (Å²) in [7, 11) is 0. The molecule has 1 aliphatic rings. The van der Waals surface area contributed by atoms with Crippen molar-refractivity contribution < 1.29 is 0 Å². The first-order valence-corrected chi connectivity index (χ1v) is 9.13. The Morgan fingerprint density at radius 2 is 2.00 bits per heavy atom. The summed E-state index contributed by atoms with van der Waals surface area (Å²) in [6.45, 7) is 4.59. The summed E-state index contributed by atoms with van der Waals surface area (Å²) in [4.78, 5) is 7.42. The third-order valence-corrected chi connectivity index (χ3v) is 5.14. The first kappa shape index (κ1) is 14.8. The lowest BCUT2D eigenvalue weighted by Crippen LogP contribution is -2.34. The van der Waals surface area contributed by atoms with Crippen molar-refractivity contribution in [1.82, 2.24) is 4.98 Å². The Kier molecular flexibility index (Phi) is 4.79. The minimum Gasteiger partial charge on any atom is -0.356 e. The van der Waals surface area contributed by atoms with Crippen molar-refractivity contribution in [2.75, 3.05) is 18.0 Å². The van der Waals surface area contributed by atoms with Gasteiger partial charge in [-0.25, -0.2) is 4.98 Å². The standard InChI is InChI=1S/C18H23BrN2/c1-2-5-14-8-10-21(11-9-14)18-16(13-19)12-15-6-3-4-7-17(15)20-18/h3-4,6-7,12,14H,2,5,8-11,13H2,1H3. The quantitative estimate of drug-likeness (QED) is 0.712. The number of aromatic nitrogens is 1. The van der Waals surface area contributed by atoms with Crippen molar-refractivity contribution in [2.24, 2.45) is 5.92 Å². The molecule has 0 N–H and O–H groups in total. The molecular weight excluding hydrogens is 324 g/mol. The Labute approximate surface area is 135 Å². The van der Waals surface area contributed by atoms with Gasteiger partial charge in [-0.05, 0) is 30.9 Å². The van der Waals surface area contributed by atoms with Crippen LogP contribution in [0.1, 0.15) is 38.2 Å². The van der Waals surface area contributed by atoms with E-state index in [-0.39, 0.29) is 0 Å². The lowest BCUT2D eigenvalue weighted by Gasteiger charge is -2.34. The predicted octanol–water partition coefficient (Wildman–Crippen LogP) is 5.15.